The van der Waals surface area contributed by atoms with Gasteiger partial charge in [0.15, 0.2) is 0 Å². The number of nitrogens with zero attached hydrogens (tertiary/aromatic N) is 2. The molecule has 9 heteroatoms. The zero-order valence-corrected chi connectivity index (χ0v) is 13.4. The van der Waals surface area contributed by atoms with Gasteiger partial charge in [0.1, 0.15) is 4.21 Å². The van der Waals surface area contributed by atoms with Crippen LogP contribution in [0.1, 0.15) is 6.92 Å². The van der Waals surface area contributed by atoms with Gasteiger partial charge in [-0.25, -0.2) is 13.2 Å². The molecule has 0 saturated carbocycles. The van der Waals surface area contributed by atoms with Crippen molar-refractivity contribution in [2.75, 3.05) is 32.7 Å². The van der Waals surface area contributed by atoms with Gasteiger partial charge in [0.05, 0.1) is 4.34 Å². The Morgan fingerprint density at radius 3 is 2.50 bits per heavy atom. The molecule has 1 aromatic rings. The van der Waals surface area contributed by atoms with E-state index in [4.69, 9.17) is 11.6 Å². The lowest BCUT2D eigenvalue weighted by Gasteiger charge is -2.33. The number of halogens is 1. The lowest BCUT2D eigenvalue weighted by Crippen LogP contribution is -2.52. The molecule has 1 saturated heterocycles. The maximum Gasteiger partial charge on any atom is 0.317 e. The summed E-state index contributed by atoms with van der Waals surface area (Å²) >= 11 is 6.83. The van der Waals surface area contributed by atoms with Crippen molar-refractivity contribution in [3.05, 3.63) is 16.5 Å². The van der Waals surface area contributed by atoms with Crippen molar-refractivity contribution in [2.45, 2.75) is 11.1 Å². The summed E-state index contributed by atoms with van der Waals surface area (Å²) in [4.78, 5) is 13.3. The number of amides is 2. The highest BCUT2D eigenvalue weighted by Crippen LogP contribution is 2.28. The number of piperazine rings is 1. The normalized spacial score (nSPS) is 17.2. The monoisotopic (exact) mass is 337 g/mol. The minimum atomic E-state index is -3.49. The molecule has 0 radical (unpaired) electrons. The first kappa shape index (κ1) is 15.6. The Morgan fingerprint density at radius 2 is 2.00 bits per heavy atom. The van der Waals surface area contributed by atoms with Crippen LogP contribution in [0.5, 0.6) is 0 Å². The molecule has 2 heterocycles. The first-order valence-electron chi connectivity index (χ1n) is 6.23. The maximum atomic E-state index is 12.4. The molecule has 1 N–H and O–H groups in total. The minimum Gasteiger partial charge on any atom is -0.338 e. The molecule has 0 bridgehead atoms. The number of rotatable bonds is 3. The number of thiophene rings is 1. The SMILES string of the molecule is CCNC(=O)N1CCN(S(=O)(=O)c2ccc(Cl)s2)CC1. The summed E-state index contributed by atoms with van der Waals surface area (Å²) in [6.45, 7) is 3.79. The standard InChI is InChI=1S/C11H16ClN3O3S2/c1-2-13-11(16)14-5-7-15(8-6-14)20(17,18)10-4-3-9(12)19-10/h3-4H,2,5-8H2,1H3,(H,13,16). The van der Waals surface area contributed by atoms with Gasteiger partial charge in [0, 0.05) is 32.7 Å². The molecule has 1 aliphatic rings. The van der Waals surface area contributed by atoms with Gasteiger partial charge in [0.25, 0.3) is 10.0 Å². The Morgan fingerprint density at radius 1 is 1.35 bits per heavy atom. The quantitative estimate of drug-likeness (QED) is 0.907. The third-order valence-corrected chi connectivity index (χ3v) is 6.59. The fourth-order valence-corrected chi connectivity index (χ4v) is 5.02. The molecular formula is C11H16ClN3O3S2. The van der Waals surface area contributed by atoms with Crippen LogP contribution in [0.25, 0.3) is 0 Å². The summed E-state index contributed by atoms with van der Waals surface area (Å²) < 4.78 is 26.8. The molecule has 20 heavy (non-hydrogen) atoms. The molecule has 2 rings (SSSR count). The molecule has 1 aromatic heterocycles. The molecule has 112 valence electrons. The van der Waals surface area contributed by atoms with Crippen molar-refractivity contribution in [3.8, 4) is 0 Å². The van der Waals surface area contributed by atoms with E-state index in [0.29, 0.717) is 37.1 Å². The molecular weight excluding hydrogens is 322 g/mol. The van der Waals surface area contributed by atoms with Gasteiger partial charge in [0.2, 0.25) is 0 Å². The van der Waals surface area contributed by atoms with Gasteiger partial charge >= 0.3 is 6.03 Å². The van der Waals surface area contributed by atoms with Crippen LogP contribution in [-0.4, -0.2) is 56.4 Å². The van der Waals surface area contributed by atoms with E-state index in [1.54, 1.807) is 11.0 Å². The fraction of sp³-hybridized carbons (Fsp3) is 0.545. The van der Waals surface area contributed by atoms with E-state index in [2.05, 4.69) is 5.32 Å². The van der Waals surface area contributed by atoms with Gasteiger partial charge in [-0.1, -0.05) is 11.6 Å². The molecule has 0 atom stereocenters. The van der Waals surface area contributed by atoms with Crippen molar-refractivity contribution in [1.82, 2.24) is 14.5 Å². The number of carbonyl (C=O) groups is 1. The first-order valence-corrected chi connectivity index (χ1v) is 8.87. The lowest BCUT2D eigenvalue weighted by molar-refractivity contribution is 0.173. The van der Waals surface area contributed by atoms with E-state index in [-0.39, 0.29) is 10.2 Å². The third-order valence-electron chi connectivity index (χ3n) is 3.00. The van der Waals surface area contributed by atoms with Crippen LogP contribution in [-0.2, 0) is 10.0 Å². The van der Waals surface area contributed by atoms with Crippen LogP contribution in [0, 0.1) is 0 Å². The predicted molar refractivity (Wildman–Crippen MR) is 78.7 cm³/mol. The van der Waals surface area contributed by atoms with Crippen molar-refractivity contribution in [1.29, 1.82) is 0 Å². The second-order valence-corrected chi connectivity index (χ2v) is 8.17. The average Bonchev–Trinajstić information content (AvgIpc) is 2.86. The highest BCUT2D eigenvalue weighted by Gasteiger charge is 2.30. The van der Waals surface area contributed by atoms with Gasteiger partial charge in [-0.3, -0.25) is 0 Å². The Bertz CT molecular complexity index is 579. The predicted octanol–water partition coefficient (Wildman–Crippen LogP) is 1.44. The zero-order chi connectivity index (χ0) is 14.8. The van der Waals surface area contributed by atoms with Crippen LogP contribution in [0.15, 0.2) is 16.3 Å². The number of urea groups is 1. The fourth-order valence-electron chi connectivity index (χ4n) is 1.96. The van der Waals surface area contributed by atoms with Crippen LogP contribution >= 0.6 is 22.9 Å². The first-order chi connectivity index (χ1) is 9.45. The van der Waals surface area contributed by atoms with Crippen LogP contribution in [0.3, 0.4) is 0 Å². The van der Waals surface area contributed by atoms with Gasteiger partial charge in [-0.05, 0) is 19.1 Å². The van der Waals surface area contributed by atoms with E-state index in [9.17, 15) is 13.2 Å². The molecule has 2 amide bonds. The maximum absolute atomic E-state index is 12.4. The van der Waals surface area contributed by atoms with Crippen LogP contribution in [0.2, 0.25) is 4.34 Å². The van der Waals surface area contributed by atoms with Crippen LogP contribution in [0.4, 0.5) is 4.79 Å². The molecule has 0 aliphatic carbocycles. The number of sulfonamides is 1. The van der Waals surface area contributed by atoms with Crippen molar-refractivity contribution < 1.29 is 13.2 Å². The molecule has 6 nitrogen and oxygen atoms in total. The topological polar surface area (TPSA) is 69.7 Å². The third kappa shape index (κ3) is 3.25. The highest BCUT2D eigenvalue weighted by molar-refractivity contribution is 7.91. The molecule has 0 unspecified atom stereocenters. The summed E-state index contributed by atoms with van der Waals surface area (Å²) in [6.07, 6.45) is 0. The largest absolute Gasteiger partial charge is 0.338 e. The smallest absolute Gasteiger partial charge is 0.317 e. The summed E-state index contributed by atoms with van der Waals surface area (Å²) in [5, 5.41) is 2.71. The zero-order valence-electron chi connectivity index (χ0n) is 11.0. The van der Waals surface area contributed by atoms with Gasteiger partial charge in [-0.2, -0.15) is 4.31 Å². The van der Waals surface area contributed by atoms with Crippen molar-refractivity contribution in [3.63, 3.8) is 0 Å². The Hall–Kier alpha value is -0.830. The number of hydrogen-bond donors (Lipinski definition) is 1. The summed E-state index contributed by atoms with van der Waals surface area (Å²) in [5.74, 6) is 0. The number of carbonyl (C=O) groups excluding carboxylic acids is 1. The molecule has 0 aromatic carbocycles. The second kappa shape index (κ2) is 6.30. The average molecular weight is 338 g/mol. The van der Waals surface area contributed by atoms with E-state index in [1.165, 1.54) is 10.4 Å². The van der Waals surface area contributed by atoms with E-state index >= 15 is 0 Å². The Kier molecular flexibility index (Phi) is 4.90. The van der Waals surface area contributed by atoms with Crippen LogP contribution < -0.4 is 5.32 Å². The molecule has 1 fully saturated rings. The summed E-state index contributed by atoms with van der Waals surface area (Å²) in [6, 6.07) is 2.94. The van der Waals surface area contributed by atoms with Crippen molar-refractivity contribution >= 4 is 39.0 Å². The molecule has 0 spiro atoms. The highest BCUT2D eigenvalue weighted by atomic mass is 35.5. The summed E-state index contributed by atoms with van der Waals surface area (Å²) in [7, 11) is -3.49. The minimum absolute atomic E-state index is 0.149. The van der Waals surface area contributed by atoms with Gasteiger partial charge in [-0.15, -0.1) is 11.3 Å². The van der Waals surface area contributed by atoms with Crippen molar-refractivity contribution in [2.24, 2.45) is 0 Å². The van der Waals surface area contributed by atoms with Gasteiger partial charge < -0.3 is 10.2 Å². The number of hydrogen-bond acceptors (Lipinski definition) is 4. The van der Waals surface area contributed by atoms with E-state index in [1.807, 2.05) is 6.92 Å². The van der Waals surface area contributed by atoms with E-state index < -0.39 is 10.0 Å². The summed E-state index contributed by atoms with van der Waals surface area (Å²) in [5.41, 5.74) is 0. The Balaban J connectivity index is 2.02. The molecule has 1 aliphatic heterocycles. The lowest BCUT2D eigenvalue weighted by atomic mass is 10.4. The Labute approximate surface area is 127 Å². The number of nitrogens with one attached hydrogen (secondary N) is 1. The second-order valence-electron chi connectivity index (χ2n) is 4.29. The van der Waals surface area contributed by atoms with E-state index in [0.717, 1.165) is 11.3 Å².